The zero-order valence-electron chi connectivity index (χ0n) is 25.1. The average molecular weight is 577 g/mol. The molecule has 1 aromatic heterocycles. The molecule has 2 heterocycles. The van der Waals surface area contributed by atoms with Crippen LogP contribution < -0.4 is 5.32 Å². The minimum Gasteiger partial charge on any atom is -0.465 e. The van der Waals surface area contributed by atoms with Crippen LogP contribution in [0.2, 0.25) is 0 Å². The van der Waals surface area contributed by atoms with E-state index < -0.39 is 40.7 Å². The molecule has 10 heteroatoms. The third-order valence-electron chi connectivity index (χ3n) is 7.54. The quantitative estimate of drug-likeness (QED) is 0.323. The Balaban J connectivity index is 1.67. The molecular weight excluding hydrogens is 536 g/mol. The number of para-hydroxylation sites is 1. The van der Waals surface area contributed by atoms with Gasteiger partial charge in [0.15, 0.2) is 0 Å². The van der Waals surface area contributed by atoms with Gasteiger partial charge in [-0.2, -0.15) is 5.06 Å². The van der Waals surface area contributed by atoms with Crippen LogP contribution in [0.3, 0.4) is 0 Å². The van der Waals surface area contributed by atoms with Crippen molar-refractivity contribution < 1.29 is 29.1 Å². The first kappa shape index (κ1) is 30.8. The number of piperidine rings is 1. The molecule has 0 bridgehead atoms. The van der Waals surface area contributed by atoms with E-state index in [2.05, 4.69) is 10.3 Å². The minimum atomic E-state index is -1.45. The molecule has 42 heavy (non-hydrogen) atoms. The SMILES string of the molecule is CC(C)(C)OC(=O)N(OCc1ccccc1)[C@@H]1CC[C@@](C(=O)Nc2cccc3cccnc23)(C(C)(C)C)N(C(=O)O)C1. The topological polar surface area (TPSA) is 121 Å². The molecule has 1 fully saturated rings. The molecule has 3 amide bonds. The standard InChI is InChI=1S/C32H40N4O6/c1-30(2,3)32(27(37)34-25-16-10-14-23-15-11-19-33-26(23)25)18-17-24(20-35(32)28(38)39)36(29(40)42-31(4,5)6)41-21-22-12-8-7-9-13-22/h7-16,19,24H,17-18,20-21H2,1-6H3,(H,34,37)(H,38,39)/t24-,32-/m1/s1. The lowest BCUT2D eigenvalue weighted by atomic mass is 9.66. The Labute approximate surface area is 246 Å². The lowest BCUT2D eigenvalue weighted by Gasteiger charge is -2.54. The monoisotopic (exact) mass is 576 g/mol. The fourth-order valence-electron chi connectivity index (χ4n) is 5.52. The smallest absolute Gasteiger partial charge is 0.434 e. The van der Waals surface area contributed by atoms with Crippen LogP contribution in [0.5, 0.6) is 0 Å². The largest absolute Gasteiger partial charge is 0.465 e. The maximum Gasteiger partial charge on any atom is 0.434 e. The third-order valence-corrected chi connectivity index (χ3v) is 7.54. The van der Waals surface area contributed by atoms with Crippen LogP contribution in [0.1, 0.15) is 59.9 Å². The highest BCUT2D eigenvalue weighted by Gasteiger charge is 2.58. The Morgan fingerprint density at radius 1 is 1.02 bits per heavy atom. The third kappa shape index (κ3) is 6.49. The molecular formula is C32H40N4O6. The fourth-order valence-corrected chi connectivity index (χ4v) is 5.52. The summed E-state index contributed by atoms with van der Waals surface area (Å²) in [7, 11) is 0. The van der Waals surface area contributed by atoms with E-state index in [0.717, 1.165) is 20.9 Å². The number of ether oxygens (including phenoxy) is 1. The van der Waals surface area contributed by atoms with Crippen LogP contribution in [0.4, 0.5) is 15.3 Å². The lowest BCUT2D eigenvalue weighted by Crippen LogP contribution is -2.70. The van der Waals surface area contributed by atoms with E-state index in [1.807, 2.05) is 75.4 Å². The number of hydroxylamine groups is 2. The minimum absolute atomic E-state index is 0.0859. The predicted molar refractivity (Wildman–Crippen MR) is 160 cm³/mol. The van der Waals surface area contributed by atoms with Crippen molar-refractivity contribution in [3.8, 4) is 0 Å². The highest BCUT2D eigenvalue weighted by atomic mass is 16.7. The van der Waals surface area contributed by atoms with E-state index in [1.54, 1.807) is 33.0 Å². The van der Waals surface area contributed by atoms with E-state index in [4.69, 9.17) is 9.57 Å². The van der Waals surface area contributed by atoms with Gasteiger partial charge in [-0.1, -0.05) is 69.3 Å². The van der Waals surface area contributed by atoms with Gasteiger partial charge in [0.25, 0.3) is 5.91 Å². The fraction of sp³-hybridized carbons (Fsp3) is 0.438. The predicted octanol–water partition coefficient (Wildman–Crippen LogP) is 6.47. The molecule has 0 saturated carbocycles. The number of fused-ring (bicyclic) bond motifs is 1. The van der Waals surface area contributed by atoms with Gasteiger partial charge in [0.2, 0.25) is 0 Å². The van der Waals surface area contributed by atoms with Gasteiger partial charge >= 0.3 is 12.2 Å². The van der Waals surface area contributed by atoms with Crippen LogP contribution in [-0.2, 0) is 21.0 Å². The number of nitrogens with zero attached hydrogens (tertiary/aromatic N) is 3. The molecule has 2 aromatic carbocycles. The van der Waals surface area contributed by atoms with Crippen LogP contribution in [0.25, 0.3) is 10.9 Å². The van der Waals surface area contributed by atoms with Gasteiger partial charge in [0, 0.05) is 18.1 Å². The molecule has 1 saturated heterocycles. The van der Waals surface area contributed by atoms with Crippen molar-refractivity contribution in [3.05, 3.63) is 72.4 Å². The van der Waals surface area contributed by atoms with Gasteiger partial charge in [-0.15, -0.1) is 0 Å². The van der Waals surface area contributed by atoms with Gasteiger partial charge in [-0.25, -0.2) is 9.59 Å². The first-order chi connectivity index (χ1) is 19.7. The van der Waals surface area contributed by atoms with Gasteiger partial charge in [-0.3, -0.25) is 19.5 Å². The normalized spacial score (nSPS) is 19.3. The lowest BCUT2D eigenvalue weighted by molar-refractivity contribution is -0.196. The van der Waals surface area contributed by atoms with Gasteiger partial charge in [0.1, 0.15) is 17.7 Å². The number of pyridine rings is 1. The molecule has 0 aliphatic carbocycles. The maximum atomic E-state index is 14.2. The van der Waals surface area contributed by atoms with Crippen LogP contribution in [0.15, 0.2) is 66.9 Å². The highest BCUT2D eigenvalue weighted by molar-refractivity contribution is 6.05. The number of hydrogen-bond donors (Lipinski definition) is 2. The number of likely N-dealkylation sites (tertiary alicyclic amines) is 1. The number of benzene rings is 2. The Morgan fingerprint density at radius 3 is 2.36 bits per heavy atom. The van der Waals surface area contributed by atoms with Crippen molar-refractivity contribution in [1.29, 1.82) is 0 Å². The number of amides is 3. The number of carbonyl (C=O) groups excluding carboxylic acids is 2. The summed E-state index contributed by atoms with van der Waals surface area (Å²) in [5.74, 6) is -0.456. The van der Waals surface area contributed by atoms with Crippen molar-refractivity contribution in [2.45, 2.75) is 78.2 Å². The first-order valence-electron chi connectivity index (χ1n) is 14.1. The molecule has 2 N–H and O–H groups in total. The van der Waals surface area contributed by atoms with Crippen molar-refractivity contribution in [3.63, 3.8) is 0 Å². The Hall–Kier alpha value is -4.18. The molecule has 1 aliphatic heterocycles. The second-order valence-electron chi connectivity index (χ2n) is 12.6. The van der Waals surface area contributed by atoms with Crippen molar-refractivity contribution >= 4 is 34.7 Å². The van der Waals surface area contributed by atoms with E-state index in [9.17, 15) is 19.5 Å². The summed E-state index contributed by atoms with van der Waals surface area (Å²) in [4.78, 5) is 52.0. The van der Waals surface area contributed by atoms with Crippen molar-refractivity contribution in [2.75, 3.05) is 11.9 Å². The average Bonchev–Trinajstić information content (AvgIpc) is 2.92. The van der Waals surface area contributed by atoms with Crippen molar-refractivity contribution in [2.24, 2.45) is 5.41 Å². The van der Waals surface area contributed by atoms with Crippen LogP contribution in [-0.4, -0.2) is 61.9 Å². The molecule has 0 spiro atoms. The molecule has 1 aliphatic rings. The van der Waals surface area contributed by atoms with Gasteiger partial charge in [0.05, 0.1) is 17.2 Å². The van der Waals surface area contributed by atoms with E-state index in [0.29, 0.717) is 17.6 Å². The summed E-state index contributed by atoms with van der Waals surface area (Å²) in [6.45, 7) is 10.7. The maximum absolute atomic E-state index is 14.2. The summed E-state index contributed by atoms with van der Waals surface area (Å²) >= 11 is 0. The number of aromatic nitrogens is 1. The summed E-state index contributed by atoms with van der Waals surface area (Å²) in [5.41, 5.74) is -1.11. The molecule has 0 unspecified atom stereocenters. The molecule has 2 atom stereocenters. The highest BCUT2D eigenvalue weighted by Crippen LogP contribution is 2.45. The molecule has 3 aromatic rings. The molecule has 224 valence electrons. The Kier molecular flexibility index (Phi) is 8.77. The summed E-state index contributed by atoms with van der Waals surface area (Å²) in [6, 6.07) is 17.8. The van der Waals surface area contributed by atoms with Crippen LogP contribution >= 0.6 is 0 Å². The van der Waals surface area contributed by atoms with Crippen molar-refractivity contribution in [1.82, 2.24) is 14.9 Å². The van der Waals surface area contributed by atoms with Gasteiger partial charge < -0.3 is 15.2 Å². The molecule has 4 rings (SSSR count). The number of hydrogen-bond acceptors (Lipinski definition) is 6. The Morgan fingerprint density at radius 2 is 1.71 bits per heavy atom. The second kappa shape index (κ2) is 12.0. The van der Waals surface area contributed by atoms with Gasteiger partial charge in [-0.05, 0) is 56.7 Å². The summed E-state index contributed by atoms with van der Waals surface area (Å²) in [5, 5.41) is 15.5. The van der Waals surface area contributed by atoms with E-state index in [1.165, 1.54) is 0 Å². The van der Waals surface area contributed by atoms with E-state index in [-0.39, 0.29) is 19.6 Å². The van der Waals surface area contributed by atoms with Crippen LogP contribution in [0, 0.1) is 5.41 Å². The second-order valence-corrected chi connectivity index (χ2v) is 12.6. The first-order valence-corrected chi connectivity index (χ1v) is 14.1. The molecule has 10 nitrogen and oxygen atoms in total. The number of carboxylic acid groups (broad SMARTS) is 1. The Bertz CT molecular complexity index is 1430. The number of nitrogens with one attached hydrogen (secondary N) is 1. The number of anilines is 1. The molecule has 0 radical (unpaired) electrons. The summed E-state index contributed by atoms with van der Waals surface area (Å²) < 4.78 is 5.63. The summed E-state index contributed by atoms with van der Waals surface area (Å²) in [6.07, 6.45) is 0.103. The number of carbonyl (C=O) groups is 3. The van der Waals surface area contributed by atoms with E-state index >= 15 is 0 Å². The number of rotatable bonds is 6. The zero-order valence-corrected chi connectivity index (χ0v) is 25.1. The zero-order chi connectivity index (χ0) is 30.7.